The Bertz CT molecular complexity index is 599. The van der Waals surface area contributed by atoms with Gasteiger partial charge in [0.05, 0.1) is 19.3 Å². The topological polar surface area (TPSA) is 44.8 Å². The summed E-state index contributed by atoms with van der Waals surface area (Å²) in [7, 11) is 0. The molecule has 0 aliphatic carbocycles. The van der Waals surface area contributed by atoms with Crippen LogP contribution in [0.2, 0.25) is 0 Å². The maximum absolute atomic E-state index is 12.6. The summed E-state index contributed by atoms with van der Waals surface area (Å²) in [5, 5.41) is 3.70. The fourth-order valence-corrected chi connectivity index (χ4v) is 4.04. The zero-order valence-electron chi connectivity index (χ0n) is 14.5. The highest BCUT2D eigenvalue weighted by Gasteiger charge is 2.37. The molecule has 2 saturated heterocycles. The van der Waals surface area contributed by atoms with Gasteiger partial charge in [0.25, 0.3) is 5.91 Å². The molecule has 1 N–H and O–H groups in total. The van der Waals surface area contributed by atoms with Gasteiger partial charge < -0.3 is 10.1 Å². The maximum Gasteiger partial charge on any atom is 0.251 e. The number of thiocarbonyl (C=S) groups is 1. The molecule has 0 aromatic heterocycles. The number of thioether (sulfide) groups is 1. The van der Waals surface area contributed by atoms with Gasteiger partial charge in [0.15, 0.2) is 5.11 Å². The molecule has 0 bridgehead atoms. The molecule has 136 valence electrons. The number of amides is 1. The van der Waals surface area contributed by atoms with Gasteiger partial charge in [0.1, 0.15) is 6.04 Å². The van der Waals surface area contributed by atoms with Crippen LogP contribution >= 0.6 is 24.0 Å². The molecule has 2 aliphatic heterocycles. The van der Waals surface area contributed by atoms with Crippen LogP contribution in [0.3, 0.4) is 0 Å². The predicted molar refractivity (Wildman–Crippen MR) is 106 cm³/mol. The number of nitrogens with zero attached hydrogens (tertiary/aromatic N) is 2. The van der Waals surface area contributed by atoms with Crippen LogP contribution in [0.25, 0.3) is 0 Å². The molecule has 0 spiro atoms. The summed E-state index contributed by atoms with van der Waals surface area (Å²) in [4.78, 5) is 16.6. The van der Waals surface area contributed by atoms with Crippen molar-refractivity contribution in [3.8, 4) is 0 Å². The number of ether oxygens (including phenoxy) is 1. The second-order valence-electron chi connectivity index (χ2n) is 6.45. The minimum Gasteiger partial charge on any atom is -0.374 e. The van der Waals surface area contributed by atoms with Crippen molar-refractivity contribution in [3.05, 3.63) is 35.9 Å². The van der Waals surface area contributed by atoms with E-state index in [2.05, 4.69) is 34.5 Å². The summed E-state index contributed by atoms with van der Waals surface area (Å²) in [6.45, 7) is 3.87. The molecular formula is C18H25N3O2S2. The summed E-state index contributed by atoms with van der Waals surface area (Å²) in [6, 6.07) is 10.3. The van der Waals surface area contributed by atoms with E-state index < -0.39 is 0 Å². The average molecular weight is 380 g/mol. The summed E-state index contributed by atoms with van der Waals surface area (Å²) >= 11 is 7.11. The maximum atomic E-state index is 12.6. The Labute approximate surface area is 159 Å². The fourth-order valence-electron chi connectivity index (χ4n) is 3.26. The molecule has 3 rings (SSSR count). The first kappa shape index (κ1) is 18.6. The zero-order chi connectivity index (χ0) is 17.6. The number of carbonyl (C=O) groups excluding carboxylic acids is 1. The standard InChI is InChI=1S/C18H25N3O2S2/c1-25-10-7-16-17(22)21(18(24)19-16)13-15-12-20(8-9-23-15)11-14-5-3-2-4-6-14/h2-6,15-16H,7-13H2,1H3,(H,19,24). The molecule has 0 radical (unpaired) electrons. The molecule has 1 aromatic carbocycles. The summed E-state index contributed by atoms with van der Waals surface area (Å²) < 4.78 is 5.89. The van der Waals surface area contributed by atoms with Gasteiger partial charge in [-0.1, -0.05) is 30.3 Å². The molecule has 25 heavy (non-hydrogen) atoms. The molecule has 2 fully saturated rings. The number of hydrogen-bond acceptors (Lipinski definition) is 5. The van der Waals surface area contributed by atoms with Gasteiger partial charge in [-0.05, 0) is 36.2 Å². The molecule has 1 amide bonds. The van der Waals surface area contributed by atoms with Crippen LogP contribution < -0.4 is 5.32 Å². The number of morpholine rings is 1. The quantitative estimate of drug-likeness (QED) is 0.728. The first-order valence-electron chi connectivity index (χ1n) is 8.66. The molecule has 5 nitrogen and oxygen atoms in total. The Morgan fingerprint density at radius 1 is 1.36 bits per heavy atom. The van der Waals surface area contributed by atoms with Crippen LogP contribution in [0.5, 0.6) is 0 Å². The normalized spacial score (nSPS) is 24.6. The van der Waals surface area contributed by atoms with Gasteiger partial charge in [-0.25, -0.2) is 0 Å². The number of hydrogen-bond donors (Lipinski definition) is 1. The van der Waals surface area contributed by atoms with Crippen molar-refractivity contribution in [2.24, 2.45) is 0 Å². The van der Waals surface area contributed by atoms with E-state index in [0.717, 1.165) is 31.8 Å². The van der Waals surface area contributed by atoms with Crippen molar-refractivity contribution in [1.29, 1.82) is 0 Å². The van der Waals surface area contributed by atoms with Crippen LogP contribution in [0.1, 0.15) is 12.0 Å². The second-order valence-corrected chi connectivity index (χ2v) is 7.82. The molecule has 2 aliphatic rings. The van der Waals surface area contributed by atoms with E-state index in [9.17, 15) is 4.79 Å². The third-order valence-electron chi connectivity index (χ3n) is 4.58. The molecular weight excluding hydrogens is 354 g/mol. The lowest BCUT2D eigenvalue weighted by atomic mass is 10.2. The second kappa shape index (κ2) is 8.98. The third kappa shape index (κ3) is 4.94. The van der Waals surface area contributed by atoms with Crippen molar-refractivity contribution in [3.63, 3.8) is 0 Å². The molecule has 2 heterocycles. The molecule has 1 aromatic rings. The zero-order valence-corrected chi connectivity index (χ0v) is 16.2. The van der Waals surface area contributed by atoms with E-state index in [4.69, 9.17) is 17.0 Å². The van der Waals surface area contributed by atoms with E-state index in [-0.39, 0.29) is 18.1 Å². The monoisotopic (exact) mass is 379 g/mol. The van der Waals surface area contributed by atoms with E-state index in [0.29, 0.717) is 18.3 Å². The van der Waals surface area contributed by atoms with Gasteiger partial charge in [-0.3, -0.25) is 14.6 Å². The minimum absolute atomic E-state index is 0.000428. The van der Waals surface area contributed by atoms with E-state index in [1.54, 1.807) is 16.7 Å². The first-order chi connectivity index (χ1) is 12.2. The highest BCUT2D eigenvalue weighted by Crippen LogP contribution is 2.16. The van der Waals surface area contributed by atoms with Gasteiger partial charge >= 0.3 is 0 Å². The lowest BCUT2D eigenvalue weighted by Crippen LogP contribution is -2.48. The number of benzene rings is 1. The highest BCUT2D eigenvalue weighted by atomic mass is 32.2. The molecule has 2 unspecified atom stereocenters. The Morgan fingerprint density at radius 2 is 2.16 bits per heavy atom. The van der Waals surface area contributed by atoms with Crippen LogP contribution in [-0.2, 0) is 16.1 Å². The summed E-state index contributed by atoms with van der Waals surface area (Å²) in [6.07, 6.45) is 2.86. The molecule has 2 atom stereocenters. The van der Waals surface area contributed by atoms with Gasteiger partial charge in [-0.15, -0.1) is 0 Å². The number of rotatable bonds is 7. The average Bonchev–Trinajstić information content (AvgIpc) is 2.89. The molecule has 0 saturated carbocycles. The van der Waals surface area contributed by atoms with Gasteiger partial charge in [0, 0.05) is 19.6 Å². The Hall–Kier alpha value is -1.15. The van der Waals surface area contributed by atoms with Crippen LogP contribution in [-0.4, -0.2) is 71.2 Å². The van der Waals surface area contributed by atoms with Crippen molar-refractivity contribution in [2.45, 2.75) is 25.1 Å². The fraction of sp³-hybridized carbons (Fsp3) is 0.556. The molecule has 7 heteroatoms. The van der Waals surface area contributed by atoms with E-state index in [1.807, 2.05) is 12.3 Å². The van der Waals surface area contributed by atoms with Crippen molar-refractivity contribution in [1.82, 2.24) is 15.1 Å². The summed E-state index contributed by atoms with van der Waals surface area (Å²) in [5.74, 6) is 1.04. The third-order valence-corrected chi connectivity index (χ3v) is 5.56. The van der Waals surface area contributed by atoms with Crippen LogP contribution in [0.15, 0.2) is 30.3 Å². The Morgan fingerprint density at radius 3 is 2.92 bits per heavy atom. The van der Waals surface area contributed by atoms with E-state index in [1.165, 1.54) is 5.56 Å². The van der Waals surface area contributed by atoms with Crippen molar-refractivity contribution in [2.75, 3.05) is 38.2 Å². The van der Waals surface area contributed by atoms with E-state index >= 15 is 0 Å². The largest absolute Gasteiger partial charge is 0.374 e. The number of nitrogens with one attached hydrogen (secondary N) is 1. The first-order valence-corrected chi connectivity index (χ1v) is 10.5. The van der Waals surface area contributed by atoms with Crippen molar-refractivity contribution >= 4 is 35.0 Å². The predicted octanol–water partition coefficient (Wildman–Crippen LogP) is 1.73. The Kier molecular flexibility index (Phi) is 6.70. The lowest BCUT2D eigenvalue weighted by molar-refractivity contribution is -0.129. The highest BCUT2D eigenvalue weighted by molar-refractivity contribution is 7.98. The SMILES string of the molecule is CSCCC1NC(=S)N(CC2CN(Cc3ccccc3)CCO2)C1=O. The van der Waals surface area contributed by atoms with Gasteiger partial charge in [-0.2, -0.15) is 11.8 Å². The number of carbonyl (C=O) groups is 1. The van der Waals surface area contributed by atoms with Crippen LogP contribution in [0.4, 0.5) is 0 Å². The van der Waals surface area contributed by atoms with Crippen molar-refractivity contribution < 1.29 is 9.53 Å². The summed E-state index contributed by atoms with van der Waals surface area (Å²) in [5.41, 5.74) is 1.30. The lowest BCUT2D eigenvalue weighted by Gasteiger charge is -2.34. The van der Waals surface area contributed by atoms with Crippen LogP contribution in [0, 0.1) is 0 Å². The smallest absolute Gasteiger partial charge is 0.251 e. The Balaban J connectivity index is 1.53. The minimum atomic E-state index is -0.177. The van der Waals surface area contributed by atoms with Gasteiger partial charge in [0.2, 0.25) is 0 Å².